The maximum absolute atomic E-state index is 12.5. The van der Waals surface area contributed by atoms with Crippen molar-refractivity contribution in [2.45, 2.75) is 38.0 Å². The highest BCUT2D eigenvalue weighted by Crippen LogP contribution is 2.17. The number of rotatable bonds is 2. The first-order valence-corrected chi connectivity index (χ1v) is 6.84. The Hall–Kier alpha value is -1.40. The first-order valence-electron chi connectivity index (χ1n) is 6.84. The molecule has 0 bridgehead atoms. The van der Waals surface area contributed by atoms with Crippen LogP contribution in [0.2, 0.25) is 0 Å². The monoisotopic (exact) mass is 264 g/mol. The van der Waals surface area contributed by atoms with E-state index in [1.54, 1.807) is 13.4 Å². The van der Waals surface area contributed by atoms with Gasteiger partial charge in [-0.2, -0.15) is 0 Å². The second kappa shape index (κ2) is 5.30. The fourth-order valence-corrected chi connectivity index (χ4v) is 2.89. The van der Waals surface area contributed by atoms with Gasteiger partial charge in [0.15, 0.2) is 0 Å². The minimum atomic E-state index is -0.147. The van der Waals surface area contributed by atoms with Crippen molar-refractivity contribution in [2.75, 3.05) is 20.2 Å². The average molecular weight is 264 g/mol. The van der Waals surface area contributed by atoms with Crippen LogP contribution < -0.4 is 5.32 Å². The summed E-state index contributed by atoms with van der Waals surface area (Å²) in [6.07, 6.45) is 4.61. The van der Waals surface area contributed by atoms with Gasteiger partial charge in [-0.05, 0) is 12.8 Å². The Bertz CT molecular complexity index is 459. The molecule has 104 valence electrons. The molecule has 2 unspecified atom stereocenters. The van der Waals surface area contributed by atoms with Gasteiger partial charge in [0.05, 0.1) is 29.9 Å². The summed E-state index contributed by atoms with van der Waals surface area (Å²) in [4.78, 5) is 21.8. The van der Waals surface area contributed by atoms with E-state index in [1.807, 2.05) is 4.90 Å². The van der Waals surface area contributed by atoms with Crippen molar-refractivity contribution in [3.05, 3.63) is 17.7 Å². The van der Waals surface area contributed by atoms with Gasteiger partial charge < -0.3 is 14.6 Å². The lowest BCUT2D eigenvalue weighted by atomic mass is 10.0. The van der Waals surface area contributed by atoms with Crippen LogP contribution in [0, 0.1) is 0 Å². The molecule has 2 aliphatic heterocycles. The van der Waals surface area contributed by atoms with Crippen LogP contribution in [-0.2, 0) is 22.5 Å². The van der Waals surface area contributed by atoms with Crippen LogP contribution in [0.15, 0.2) is 6.33 Å². The number of hydrogen-bond donors (Lipinski definition) is 2. The first-order chi connectivity index (χ1) is 9.28. The number of H-pyrrole nitrogens is 1. The zero-order valence-electron chi connectivity index (χ0n) is 11.2. The molecule has 6 nitrogen and oxygen atoms in total. The number of piperidine rings is 1. The van der Waals surface area contributed by atoms with Crippen molar-refractivity contribution in [3.63, 3.8) is 0 Å². The highest BCUT2D eigenvalue weighted by Gasteiger charge is 2.31. The summed E-state index contributed by atoms with van der Waals surface area (Å²) in [5.74, 6) is 0.176. The van der Waals surface area contributed by atoms with Gasteiger partial charge in [-0.15, -0.1) is 0 Å². The van der Waals surface area contributed by atoms with Gasteiger partial charge in [0.2, 0.25) is 5.91 Å². The lowest BCUT2D eigenvalue weighted by Gasteiger charge is -2.35. The Kier molecular flexibility index (Phi) is 3.52. The molecule has 6 heteroatoms. The van der Waals surface area contributed by atoms with Crippen LogP contribution in [0.3, 0.4) is 0 Å². The number of aromatic nitrogens is 2. The molecule has 2 N–H and O–H groups in total. The zero-order chi connectivity index (χ0) is 13.2. The number of imidazole rings is 1. The van der Waals surface area contributed by atoms with E-state index < -0.39 is 0 Å². The smallest absolute Gasteiger partial charge is 0.240 e. The molecule has 2 aliphatic rings. The standard InChI is InChI=1S/C13H20N4O2/c1-19-9-3-2-4-17(7-9)13(18)11-5-10-12(6-14-11)16-8-15-10/h8-9,11,14H,2-7H2,1H3,(H,15,16). The molecule has 0 radical (unpaired) electrons. The topological polar surface area (TPSA) is 70.2 Å². The lowest BCUT2D eigenvalue weighted by Crippen LogP contribution is -2.53. The normalized spacial score (nSPS) is 27.1. The number of nitrogens with one attached hydrogen (secondary N) is 2. The predicted octanol–water partition coefficient (Wildman–Crippen LogP) is 0.0614. The van der Waals surface area contributed by atoms with Gasteiger partial charge in [0.25, 0.3) is 0 Å². The highest BCUT2D eigenvalue weighted by molar-refractivity contribution is 5.82. The summed E-state index contributed by atoms with van der Waals surface area (Å²) in [5, 5.41) is 3.29. The maximum atomic E-state index is 12.5. The fraction of sp³-hybridized carbons (Fsp3) is 0.692. The number of ether oxygens (including phenoxy) is 1. The number of fused-ring (bicyclic) bond motifs is 1. The summed E-state index contributed by atoms with van der Waals surface area (Å²) in [6.45, 7) is 2.23. The van der Waals surface area contributed by atoms with Crippen molar-refractivity contribution in [2.24, 2.45) is 0 Å². The Morgan fingerprint density at radius 3 is 3.32 bits per heavy atom. The third kappa shape index (κ3) is 2.50. The minimum absolute atomic E-state index is 0.147. The zero-order valence-corrected chi connectivity index (χ0v) is 11.2. The summed E-state index contributed by atoms with van der Waals surface area (Å²) in [7, 11) is 1.72. The van der Waals surface area contributed by atoms with Crippen LogP contribution in [-0.4, -0.2) is 53.1 Å². The molecule has 1 fully saturated rings. The number of hydrogen-bond acceptors (Lipinski definition) is 4. The lowest BCUT2D eigenvalue weighted by molar-refractivity contribution is -0.137. The maximum Gasteiger partial charge on any atom is 0.240 e. The molecule has 1 aromatic heterocycles. The van der Waals surface area contributed by atoms with Crippen molar-refractivity contribution >= 4 is 5.91 Å². The Labute approximate surface area is 112 Å². The van der Waals surface area contributed by atoms with E-state index >= 15 is 0 Å². The van der Waals surface area contributed by atoms with E-state index in [-0.39, 0.29) is 18.1 Å². The summed E-state index contributed by atoms with van der Waals surface area (Å²) in [6, 6.07) is -0.147. The molecule has 0 aliphatic carbocycles. The molecule has 1 aromatic rings. The molecule has 3 heterocycles. The van der Waals surface area contributed by atoms with Gasteiger partial charge in [0, 0.05) is 33.2 Å². The second-order valence-corrected chi connectivity index (χ2v) is 5.25. The first kappa shape index (κ1) is 12.6. The molecule has 19 heavy (non-hydrogen) atoms. The summed E-state index contributed by atoms with van der Waals surface area (Å²) < 4.78 is 5.37. The van der Waals surface area contributed by atoms with E-state index in [0.29, 0.717) is 19.5 Å². The third-order valence-corrected chi connectivity index (χ3v) is 4.05. The number of carbonyl (C=O) groups excluding carboxylic acids is 1. The largest absolute Gasteiger partial charge is 0.380 e. The van der Waals surface area contributed by atoms with Gasteiger partial charge in [0.1, 0.15) is 0 Å². The van der Waals surface area contributed by atoms with Crippen LogP contribution >= 0.6 is 0 Å². The van der Waals surface area contributed by atoms with Gasteiger partial charge >= 0.3 is 0 Å². The third-order valence-electron chi connectivity index (χ3n) is 4.05. The van der Waals surface area contributed by atoms with E-state index in [2.05, 4.69) is 15.3 Å². The number of methoxy groups -OCH3 is 1. The van der Waals surface area contributed by atoms with Crippen molar-refractivity contribution in [1.82, 2.24) is 20.2 Å². The van der Waals surface area contributed by atoms with Crippen molar-refractivity contribution in [1.29, 1.82) is 0 Å². The Balaban J connectivity index is 1.65. The van der Waals surface area contributed by atoms with E-state index in [1.165, 1.54) is 0 Å². The van der Waals surface area contributed by atoms with Crippen LogP contribution in [0.25, 0.3) is 0 Å². The van der Waals surface area contributed by atoms with Crippen molar-refractivity contribution < 1.29 is 9.53 Å². The average Bonchev–Trinajstić information content (AvgIpc) is 2.94. The molecular formula is C13H20N4O2. The van der Waals surface area contributed by atoms with Gasteiger partial charge in [-0.3, -0.25) is 10.1 Å². The van der Waals surface area contributed by atoms with Gasteiger partial charge in [-0.1, -0.05) is 0 Å². The number of carbonyl (C=O) groups is 1. The quantitative estimate of drug-likeness (QED) is 0.792. The van der Waals surface area contributed by atoms with Crippen LogP contribution in [0.4, 0.5) is 0 Å². The molecule has 3 rings (SSSR count). The molecule has 0 saturated carbocycles. The SMILES string of the molecule is COC1CCCN(C(=O)C2Cc3nc[nH]c3CN2)C1. The predicted molar refractivity (Wildman–Crippen MR) is 69.5 cm³/mol. The van der Waals surface area contributed by atoms with Crippen LogP contribution in [0.1, 0.15) is 24.2 Å². The Morgan fingerprint density at radius 2 is 2.47 bits per heavy atom. The van der Waals surface area contributed by atoms with Crippen LogP contribution in [0.5, 0.6) is 0 Å². The number of amides is 1. The molecular weight excluding hydrogens is 244 g/mol. The number of nitrogens with zero attached hydrogens (tertiary/aromatic N) is 2. The Morgan fingerprint density at radius 1 is 1.58 bits per heavy atom. The molecule has 0 spiro atoms. The fourth-order valence-electron chi connectivity index (χ4n) is 2.89. The second-order valence-electron chi connectivity index (χ2n) is 5.25. The minimum Gasteiger partial charge on any atom is -0.380 e. The molecule has 2 atom stereocenters. The molecule has 0 aromatic carbocycles. The number of aromatic amines is 1. The number of likely N-dealkylation sites (tertiary alicyclic amines) is 1. The molecule has 1 amide bonds. The van der Waals surface area contributed by atoms with E-state index in [9.17, 15) is 4.79 Å². The van der Waals surface area contributed by atoms with E-state index in [4.69, 9.17) is 4.74 Å². The van der Waals surface area contributed by atoms with E-state index in [0.717, 1.165) is 30.8 Å². The van der Waals surface area contributed by atoms with Crippen molar-refractivity contribution in [3.8, 4) is 0 Å². The molecule has 1 saturated heterocycles. The summed E-state index contributed by atoms with van der Waals surface area (Å²) in [5.41, 5.74) is 2.11. The highest BCUT2D eigenvalue weighted by atomic mass is 16.5. The van der Waals surface area contributed by atoms with Gasteiger partial charge in [-0.25, -0.2) is 4.98 Å². The summed E-state index contributed by atoms with van der Waals surface area (Å²) >= 11 is 0.